The number of imide groups is 1. The summed E-state index contributed by atoms with van der Waals surface area (Å²) in [5, 5.41) is 8.89. The molecule has 1 fully saturated rings. The van der Waals surface area contributed by atoms with E-state index in [0.29, 0.717) is 12.8 Å². The third-order valence-corrected chi connectivity index (χ3v) is 3.71. The number of nitrogens with zero attached hydrogens (tertiary/aromatic N) is 1. The first-order chi connectivity index (χ1) is 9.99. The minimum atomic E-state index is -0.929. The summed E-state index contributed by atoms with van der Waals surface area (Å²) in [6.45, 7) is 1.88. The van der Waals surface area contributed by atoms with Crippen LogP contribution < -0.4 is 0 Å². The maximum absolute atomic E-state index is 12.2. The van der Waals surface area contributed by atoms with Gasteiger partial charge in [-0.05, 0) is 17.9 Å². The van der Waals surface area contributed by atoms with E-state index in [1.54, 1.807) is 0 Å². The first-order valence-corrected chi connectivity index (χ1v) is 7.10. The number of carboxylic acids is 1. The lowest BCUT2D eigenvalue weighted by Gasteiger charge is -2.35. The second kappa shape index (κ2) is 6.52. The van der Waals surface area contributed by atoms with E-state index >= 15 is 0 Å². The minimum absolute atomic E-state index is 0.0529. The molecule has 5 heteroatoms. The van der Waals surface area contributed by atoms with Gasteiger partial charge in [0.15, 0.2) is 0 Å². The Morgan fingerprint density at radius 3 is 2.33 bits per heavy atom. The van der Waals surface area contributed by atoms with Crippen molar-refractivity contribution in [1.29, 1.82) is 0 Å². The van der Waals surface area contributed by atoms with Gasteiger partial charge in [-0.25, -0.2) is 0 Å². The Bertz CT molecular complexity index is 522. The van der Waals surface area contributed by atoms with Gasteiger partial charge in [0.1, 0.15) is 0 Å². The fourth-order valence-corrected chi connectivity index (χ4v) is 2.73. The van der Waals surface area contributed by atoms with E-state index in [1.807, 2.05) is 37.3 Å². The maximum atomic E-state index is 12.2. The van der Waals surface area contributed by atoms with Crippen molar-refractivity contribution in [3.05, 3.63) is 35.9 Å². The van der Waals surface area contributed by atoms with Crippen LogP contribution in [0.5, 0.6) is 0 Å². The highest BCUT2D eigenvalue weighted by Crippen LogP contribution is 2.31. The number of piperidine rings is 1. The number of carbonyl (C=O) groups excluding carboxylic acids is 2. The largest absolute Gasteiger partial charge is 0.481 e. The van der Waals surface area contributed by atoms with E-state index in [0.717, 1.165) is 5.56 Å². The SMILES string of the molecule is CC1CC(=O)N(C(CCC(=O)O)c2ccccc2)C(=O)C1. The van der Waals surface area contributed by atoms with Crippen molar-refractivity contribution in [2.24, 2.45) is 5.92 Å². The molecule has 1 N–H and O–H groups in total. The first kappa shape index (κ1) is 15.2. The zero-order chi connectivity index (χ0) is 15.4. The predicted octanol–water partition coefficient (Wildman–Crippen LogP) is 2.38. The van der Waals surface area contributed by atoms with E-state index in [9.17, 15) is 14.4 Å². The number of rotatable bonds is 5. The van der Waals surface area contributed by atoms with E-state index in [2.05, 4.69) is 0 Å². The molecule has 1 heterocycles. The van der Waals surface area contributed by atoms with Gasteiger partial charge in [-0.1, -0.05) is 37.3 Å². The maximum Gasteiger partial charge on any atom is 0.303 e. The monoisotopic (exact) mass is 289 g/mol. The number of aliphatic carboxylic acids is 1. The van der Waals surface area contributed by atoms with Crippen molar-refractivity contribution in [3.8, 4) is 0 Å². The molecule has 0 bridgehead atoms. The van der Waals surface area contributed by atoms with E-state index in [-0.39, 0.29) is 30.6 Å². The van der Waals surface area contributed by atoms with Gasteiger partial charge in [-0.15, -0.1) is 0 Å². The Labute approximate surface area is 123 Å². The molecular weight excluding hydrogens is 270 g/mol. The van der Waals surface area contributed by atoms with Gasteiger partial charge in [0.2, 0.25) is 11.8 Å². The van der Waals surface area contributed by atoms with Gasteiger partial charge < -0.3 is 5.11 Å². The van der Waals surface area contributed by atoms with E-state index in [1.165, 1.54) is 4.90 Å². The summed E-state index contributed by atoms with van der Waals surface area (Å²) in [5.41, 5.74) is 0.801. The Morgan fingerprint density at radius 2 is 1.81 bits per heavy atom. The summed E-state index contributed by atoms with van der Waals surface area (Å²) in [4.78, 5) is 36.6. The predicted molar refractivity (Wildman–Crippen MR) is 76.3 cm³/mol. The molecule has 1 aromatic carbocycles. The molecule has 5 nitrogen and oxygen atoms in total. The van der Waals surface area contributed by atoms with Crippen LogP contribution in [0.2, 0.25) is 0 Å². The van der Waals surface area contributed by atoms with Gasteiger partial charge in [0.05, 0.1) is 6.04 Å². The third kappa shape index (κ3) is 3.68. The van der Waals surface area contributed by atoms with Crippen molar-refractivity contribution < 1.29 is 19.5 Å². The van der Waals surface area contributed by atoms with Crippen molar-refractivity contribution in [1.82, 2.24) is 4.90 Å². The molecule has 21 heavy (non-hydrogen) atoms. The molecule has 1 unspecified atom stereocenters. The molecule has 1 saturated heterocycles. The summed E-state index contributed by atoms with van der Waals surface area (Å²) >= 11 is 0. The summed E-state index contributed by atoms with van der Waals surface area (Å²) in [6.07, 6.45) is 0.835. The van der Waals surface area contributed by atoms with E-state index in [4.69, 9.17) is 5.11 Å². The van der Waals surface area contributed by atoms with Crippen molar-refractivity contribution in [2.75, 3.05) is 0 Å². The zero-order valence-electron chi connectivity index (χ0n) is 12.0. The van der Waals surface area contributed by atoms with Gasteiger partial charge in [-0.2, -0.15) is 0 Å². The van der Waals surface area contributed by atoms with Crippen LogP contribution in [-0.2, 0) is 14.4 Å². The number of carbonyl (C=O) groups is 3. The van der Waals surface area contributed by atoms with Crippen molar-refractivity contribution >= 4 is 17.8 Å². The van der Waals surface area contributed by atoms with Crippen LogP contribution in [0.1, 0.15) is 44.2 Å². The molecule has 2 rings (SSSR count). The summed E-state index contributed by atoms with van der Waals surface area (Å²) in [5.74, 6) is -1.30. The molecular formula is C16H19NO4. The first-order valence-electron chi connectivity index (χ1n) is 7.10. The summed E-state index contributed by atoms with van der Waals surface area (Å²) in [6, 6.07) is 8.65. The van der Waals surface area contributed by atoms with Crippen molar-refractivity contribution in [2.45, 2.75) is 38.6 Å². The molecule has 0 spiro atoms. The molecule has 0 saturated carbocycles. The topological polar surface area (TPSA) is 74.7 Å². The highest BCUT2D eigenvalue weighted by molar-refractivity contribution is 5.98. The average Bonchev–Trinajstić information content (AvgIpc) is 2.42. The van der Waals surface area contributed by atoms with Gasteiger partial charge in [0.25, 0.3) is 0 Å². The number of hydrogen-bond donors (Lipinski definition) is 1. The summed E-state index contributed by atoms with van der Waals surface area (Å²) < 4.78 is 0. The zero-order valence-corrected chi connectivity index (χ0v) is 12.0. The Kier molecular flexibility index (Phi) is 4.73. The Hall–Kier alpha value is -2.17. The second-order valence-corrected chi connectivity index (χ2v) is 5.53. The molecule has 1 aromatic rings. The smallest absolute Gasteiger partial charge is 0.303 e. The lowest BCUT2D eigenvalue weighted by atomic mass is 9.92. The quantitative estimate of drug-likeness (QED) is 0.844. The molecule has 1 aliphatic rings. The van der Waals surface area contributed by atoms with Crippen LogP contribution in [0.25, 0.3) is 0 Å². The minimum Gasteiger partial charge on any atom is -0.481 e. The number of likely N-dealkylation sites (tertiary alicyclic amines) is 1. The van der Waals surface area contributed by atoms with Crippen LogP contribution in [0.4, 0.5) is 0 Å². The second-order valence-electron chi connectivity index (χ2n) is 5.53. The lowest BCUT2D eigenvalue weighted by molar-refractivity contribution is -0.154. The Balaban J connectivity index is 2.28. The molecule has 1 atom stereocenters. The fraction of sp³-hybridized carbons (Fsp3) is 0.438. The highest BCUT2D eigenvalue weighted by Gasteiger charge is 2.36. The van der Waals surface area contributed by atoms with Crippen LogP contribution >= 0.6 is 0 Å². The van der Waals surface area contributed by atoms with Crippen LogP contribution in [0, 0.1) is 5.92 Å². The molecule has 0 aliphatic carbocycles. The molecule has 0 radical (unpaired) electrons. The normalized spacial score (nSPS) is 17.9. The number of carboxylic acid groups (broad SMARTS) is 1. The van der Waals surface area contributed by atoms with Crippen molar-refractivity contribution in [3.63, 3.8) is 0 Å². The number of hydrogen-bond acceptors (Lipinski definition) is 3. The lowest BCUT2D eigenvalue weighted by Crippen LogP contribution is -2.45. The van der Waals surface area contributed by atoms with Crippen LogP contribution in [0.15, 0.2) is 30.3 Å². The molecule has 0 aromatic heterocycles. The Morgan fingerprint density at radius 1 is 1.24 bits per heavy atom. The van der Waals surface area contributed by atoms with Crippen LogP contribution in [0.3, 0.4) is 0 Å². The standard InChI is InChI=1S/C16H19NO4/c1-11-9-14(18)17(15(19)10-11)13(7-8-16(20)21)12-5-3-2-4-6-12/h2-6,11,13H,7-10H2,1H3,(H,20,21). The molecule has 1 aliphatic heterocycles. The van der Waals surface area contributed by atoms with Gasteiger partial charge in [0, 0.05) is 19.3 Å². The highest BCUT2D eigenvalue weighted by atomic mass is 16.4. The number of benzene rings is 1. The molecule has 2 amide bonds. The third-order valence-electron chi connectivity index (χ3n) is 3.71. The average molecular weight is 289 g/mol. The van der Waals surface area contributed by atoms with Gasteiger partial charge in [-0.3, -0.25) is 19.3 Å². The summed E-state index contributed by atoms with van der Waals surface area (Å²) in [7, 11) is 0. The van der Waals surface area contributed by atoms with Gasteiger partial charge >= 0.3 is 5.97 Å². The fourth-order valence-electron chi connectivity index (χ4n) is 2.73. The molecule has 112 valence electrons. The van der Waals surface area contributed by atoms with E-state index < -0.39 is 12.0 Å². The number of amides is 2. The van der Waals surface area contributed by atoms with Crippen LogP contribution in [-0.4, -0.2) is 27.8 Å².